The largest absolute Gasteiger partial charge is 0.444 e. The van der Waals surface area contributed by atoms with Gasteiger partial charge in [-0.3, -0.25) is 9.59 Å². The normalized spacial score (nSPS) is 11.4. The molecule has 0 spiro atoms. The standard InChI is InChI=1S/C22H43N3O4S2/c1-6-10-20(27)23-14-18-31-30-17-9-11-19(26)12-16-25(5)15-8-7-13-24-21(28)29-22(2,3)4/h6-18H2,1-5H3,(H,23,27)(H,24,28). The van der Waals surface area contributed by atoms with Gasteiger partial charge in [0, 0.05) is 50.4 Å². The van der Waals surface area contributed by atoms with Crippen LogP contribution in [0.4, 0.5) is 4.79 Å². The molecule has 0 heterocycles. The van der Waals surface area contributed by atoms with Crippen LogP contribution in [0.25, 0.3) is 0 Å². The van der Waals surface area contributed by atoms with Gasteiger partial charge in [0.2, 0.25) is 5.91 Å². The highest BCUT2D eigenvalue weighted by molar-refractivity contribution is 8.76. The van der Waals surface area contributed by atoms with Crippen LogP contribution in [0.3, 0.4) is 0 Å². The number of nitrogens with one attached hydrogen (secondary N) is 2. The Kier molecular flexibility index (Phi) is 18.1. The van der Waals surface area contributed by atoms with E-state index in [-0.39, 0.29) is 12.0 Å². The molecule has 0 aliphatic carbocycles. The number of ether oxygens (including phenoxy) is 1. The van der Waals surface area contributed by atoms with Crippen molar-refractivity contribution in [1.29, 1.82) is 0 Å². The summed E-state index contributed by atoms with van der Waals surface area (Å²) in [5.41, 5.74) is -0.471. The van der Waals surface area contributed by atoms with Crippen LogP contribution in [-0.4, -0.2) is 73.0 Å². The van der Waals surface area contributed by atoms with Gasteiger partial charge in [-0.2, -0.15) is 0 Å². The number of hydrogen-bond donors (Lipinski definition) is 2. The zero-order chi connectivity index (χ0) is 23.5. The van der Waals surface area contributed by atoms with Gasteiger partial charge in [0.1, 0.15) is 11.4 Å². The highest BCUT2D eigenvalue weighted by Gasteiger charge is 2.15. The first-order valence-electron chi connectivity index (χ1n) is 11.3. The molecular weight excluding hydrogens is 434 g/mol. The summed E-state index contributed by atoms with van der Waals surface area (Å²) in [6, 6.07) is 0. The molecule has 0 aromatic heterocycles. The summed E-state index contributed by atoms with van der Waals surface area (Å²) in [4.78, 5) is 37.1. The number of carbonyl (C=O) groups is 3. The van der Waals surface area contributed by atoms with Gasteiger partial charge < -0.3 is 20.3 Å². The summed E-state index contributed by atoms with van der Waals surface area (Å²) in [5.74, 6) is 2.29. The molecule has 9 heteroatoms. The maximum absolute atomic E-state index is 12.0. The second kappa shape index (κ2) is 18.6. The van der Waals surface area contributed by atoms with Crippen LogP contribution in [0, 0.1) is 0 Å². The van der Waals surface area contributed by atoms with Gasteiger partial charge in [-0.25, -0.2) is 4.79 Å². The molecule has 0 aliphatic heterocycles. The van der Waals surface area contributed by atoms with E-state index in [2.05, 4.69) is 15.5 Å². The molecule has 2 amide bonds. The smallest absolute Gasteiger partial charge is 0.407 e. The van der Waals surface area contributed by atoms with E-state index in [9.17, 15) is 14.4 Å². The van der Waals surface area contributed by atoms with Crippen molar-refractivity contribution >= 4 is 39.4 Å². The molecule has 7 nitrogen and oxygen atoms in total. The Morgan fingerprint density at radius 2 is 1.58 bits per heavy atom. The van der Waals surface area contributed by atoms with E-state index in [1.165, 1.54) is 0 Å². The molecule has 0 saturated heterocycles. The third-order valence-corrected chi connectivity index (χ3v) is 6.65. The van der Waals surface area contributed by atoms with Crippen LogP contribution in [0.1, 0.15) is 72.6 Å². The molecule has 0 aromatic carbocycles. The Hall–Kier alpha value is -0.930. The van der Waals surface area contributed by atoms with Gasteiger partial charge >= 0.3 is 6.09 Å². The van der Waals surface area contributed by atoms with E-state index < -0.39 is 5.60 Å². The molecule has 0 fully saturated rings. The Morgan fingerprint density at radius 1 is 0.871 bits per heavy atom. The molecule has 182 valence electrons. The second-order valence-corrected chi connectivity index (χ2v) is 11.3. The van der Waals surface area contributed by atoms with E-state index in [1.54, 1.807) is 21.6 Å². The van der Waals surface area contributed by atoms with Gasteiger partial charge in [0.05, 0.1) is 0 Å². The fourth-order valence-electron chi connectivity index (χ4n) is 2.56. The van der Waals surface area contributed by atoms with Crippen LogP contribution in [-0.2, 0) is 14.3 Å². The number of nitrogens with zero attached hydrogens (tertiary/aromatic N) is 1. The number of ketones is 1. The highest BCUT2D eigenvalue weighted by atomic mass is 33.1. The average Bonchev–Trinajstić information content (AvgIpc) is 2.67. The van der Waals surface area contributed by atoms with Gasteiger partial charge in [-0.05, 0) is 60.0 Å². The van der Waals surface area contributed by atoms with Crippen molar-refractivity contribution < 1.29 is 19.1 Å². The number of hydrogen-bond acceptors (Lipinski definition) is 7. The second-order valence-electron chi connectivity index (χ2n) is 8.58. The number of amides is 2. The zero-order valence-electron chi connectivity index (χ0n) is 20.1. The Morgan fingerprint density at radius 3 is 2.26 bits per heavy atom. The number of Topliss-reactive ketones (excluding diaryl/α,β-unsaturated/α-hetero) is 1. The van der Waals surface area contributed by atoms with Gasteiger partial charge in [-0.1, -0.05) is 28.5 Å². The first-order valence-corrected chi connectivity index (χ1v) is 13.8. The number of unbranched alkanes of at least 4 members (excludes halogenated alkanes) is 1. The molecule has 0 rings (SSSR count). The zero-order valence-corrected chi connectivity index (χ0v) is 21.7. The molecular formula is C22H43N3O4S2. The summed E-state index contributed by atoms with van der Waals surface area (Å²) in [5, 5.41) is 5.66. The lowest BCUT2D eigenvalue weighted by Gasteiger charge is -2.20. The van der Waals surface area contributed by atoms with Crippen molar-refractivity contribution in [2.45, 2.75) is 78.2 Å². The van der Waals surface area contributed by atoms with Crippen molar-refractivity contribution in [2.75, 3.05) is 44.7 Å². The summed E-state index contributed by atoms with van der Waals surface area (Å²) in [6.07, 6.45) is 5.08. The van der Waals surface area contributed by atoms with E-state index in [0.717, 1.165) is 50.3 Å². The molecule has 0 atom stereocenters. The number of carbonyl (C=O) groups excluding carboxylic acids is 3. The molecule has 0 bridgehead atoms. The number of alkyl carbamates (subject to hydrolysis) is 1. The summed E-state index contributed by atoms with van der Waals surface area (Å²) < 4.78 is 5.20. The molecule has 0 aliphatic rings. The van der Waals surface area contributed by atoms with Crippen LogP contribution in [0.5, 0.6) is 0 Å². The first kappa shape index (κ1) is 30.1. The predicted molar refractivity (Wildman–Crippen MR) is 133 cm³/mol. The minimum Gasteiger partial charge on any atom is -0.444 e. The van der Waals surface area contributed by atoms with Gasteiger partial charge in [0.25, 0.3) is 0 Å². The fraction of sp³-hybridized carbons (Fsp3) is 0.864. The molecule has 31 heavy (non-hydrogen) atoms. The van der Waals surface area contributed by atoms with E-state index in [1.807, 2.05) is 34.7 Å². The maximum Gasteiger partial charge on any atom is 0.407 e. The van der Waals surface area contributed by atoms with Crippen molar-refractivity contribution in [1.82, 2.24) is 15.5 Å². The topological polar surface area (TPSA) is 87.7 Å². The molecule has 0 saturated carbocycles. The lowest BCUT2D eigenvalue weighted by Crippen LogP contribution is -2.33. The van der Waals surface area contributed by atoms with Crippen LogP contribution < -0.4 is 10.6 Å². The Balaban J connectivity index is 3.51. The van der Waals surface area contributed by atoms with Gasteiger partial charge in [0.15, 0.2) is 0 Å². The Labute approximate surface area is 197 Å². The maximum atomic E-state index is 12.0. The lowest BCUT2D eigenvalue weighted by atomic mass is 10.1. The Bertz CT molecular complexity index is 513. The molecule has 0 radical (unpaired) electrons. The fourth-order valence-corrected chi connectivity index (χ4v) is 4.55. The van der Waals surface area contributed by atoms with Crippen molar-refractivity contribution in [3.05, 3.63) is 0 Å². The predicted octanol–water partition coefficient (Wildman–Crippen LogP) is 4.26. The minimum absolute atomic E-state index is 0.126. The monoisotopic (exact) mass is 477 g/mol. The third kappa shape index (κ3) is 22.1. The molecule has 2 N–H and O–H groups in total. The molecule has 0 unspecified atom stereocenters. The van der Waals surface area contributed by atoms with E-state index in [4.69, 9.17) is 4.74 Å². The number of rotatable bonds is 18. The van der Waals surface area contributed by atoms with Crippen LogP contribution in [0.2, 0.25) is 0 Å². The summed E-state index contributed by atoms with van der Waals surface area (Å²) in [7, 11) is 5.55. The quantitative estimate of drug-likeness (QED) is 0.225. The van der Waals surface area contributed by atoms with Crippen molar-refractivity contribution in [3.63, 3.8) is 0 Å². The summed E-state index contributed by atoms with van der Waals surface area (Å²) >= 11 is 0. The highest BCUT2D eigenvalue weighted by Crippen LogP contribution is 2.21. The van der Waals surface area contributed by atoms with Gasteiger partial charge in [-0.15, -0.1) is 0 Å². The summed E-state index contributed by atoms with van der Waals surface area (Å²) in [6.45, 7) is 10.5. The molecule has 0 aromatic rings. The van der Waals surface area contributed by atoms with Crippen LogP contribution in [0.15, 0.2) is 0 Å². The minimum atomic E-state index is -0.471. The van der Waals surface area contributed by atoms with Crippen LogP contribution >= 0.6 is 21.6 Å². The van der Waals surface area contributed by atoms with Crippen molar-refractivity contribution in [2.24, 2.45) is 0 Å². The van der Waals surface area contributed by atoms with E-state index in [0.29, 0.717) is 38.1 Å². The SMILES string of the molecule is CCCC(=O)NCCSSCCCC(=O)CCN(C)CCCCNC(=O)OC(C)(C)C. The average molecular weight is 478 g/mol. The lowest BCUT2D eigenvalue weighted by molar-refractivity contribution is -0.121. The van der Waals surface area contributed by atoms with E-state index >= 15 is 0 Å². The van der Waals surface area contributed by atoms with Crippen molar-refractivity contribution in [3.8, 4) is 0 Å². The third-order valence-electron chi connectivity index (χ3n) is 4.16. The first-order chi connectivity index (χ1) is 14.6.